The van der Waals surface area contributed by atoms with Crippen LogP contribution in [0.3, 0.4) is 0 Å². The number of nitrogens with zero attached hydrogens (tertiary/aromatic N) is 3. The molecule has 0 unspecified atom stereocenters. The van der Waals surface area contributed by atoms with E-state index in [1.165, 1.54) is 25.1 Å². The number of rotatable bonds is 3. The Bertz CT molecular complexity index is 352. The third-order valence-corrected chi connectivity index (χ3v) is 1.96. The van der Waals surface area contributed by atoms with Crippen molar-refractivity contribution >= 4 is 24.1 Å². The normalized spacial score (nSPS) is 10.3. The Balaban J connectivity index is 2.53. The monoisotopic (exact) mass is 226 g/mol. The maximum Gasteiger partial charge on any atom is 0.427 e. The van der Waals surface area contributed by atoms with E-state index in [1.54, 1.807) is 12.4 Å². The van der Waals surface area contributed by atoms with E-state index in [-0.39, 0.29) is 0 Å². The van der Waals surface area contributed by atoms with Crippen LogP contribution in [0.15, 0.2) is 22.7 Å². The van der Waals surface area contributed by atoms with E-state index in [9.17, 15) is 4.79 Å². The van der Waals surface area contributed by atoms with E-state index in [4.69, 9.17) is 0 Å². The first-order valence-corrected chi connectivity index (χ1v) is 5.22. The van der Waals surface area contributed by atoms with E-state index < -0.39 is 6.09 Å². The molecule has 1 N–H and O–H groups in total. The van der Waals surface area contributed by atoms with Crippen LogP contribution in [-0.2, 0) is 4.74 Å². The van der Waals surface area contributed by atoms with Gasteiger partial charge in [-0.2, -0.15) is 5.10 Å². The standard InChI is InChI=1S/C8H10N4O2S/c1-14-8(13)12-11-5-6-3-9-7(15-2)10-4-6/h3-5H,1-2H3,(H,12,13)/b11-5+. The molecule has 0 aliphatic rings. The maximum absolute atomic E-state index is 10.6. The smallest absolute Gasteiger partial charge is 0.427 e. The summed E-state index contributed by atoms with van der Waals surface area (Å²) in [7, 11) is 1.27. The molecular formula is C8H10N4O2S. The number of aromatic nitrogens is 2. The molecule has 6 nitrogen and oxygen atoms in total. The number of amides is 1. The SMILES string of the molecule is COC(=O)N/N=C/c1cnc(SC)nc1. The van der Waals surface area contributed by atoms with Crippen LogP contribution >= 0.6 is 11.8 Å². The topological polar surface area (TPSA) is 76.5 Å². The predicted molar refractivity (Wildman–Crippen MR) is 56.9 cm³/mol. The minimum absolute atomic E-state index is 0.618. The summed E-state index contributed by atoms with van der Waals surface area (Å²) in [5.41, 5.74) is 2.86. The van der Waals surface area contributed by atoms with Crippen molar-refractivity contribution in [3.63, 3.8) is 0 Å². The molecule has 0 saturated carbocycles. The lowest BCUT2D eigenvalue weighted by Crippen LogP contribution is -2.16. The molecule has 80 valence electrons. The van der Waals surface area contributed by atoms with Crippen LogP contribution in [0.1, 0.15) is 5.56 Å². The van der Waals surface area contributed by atoms with Crippen molar-refractivity contribution in [2.45, 2.75) is 5.16 Å². The number of thioether (sulfide) groups is 1. The zero-order valence-corrected chi connectivity index (χ0v) is 9.11. The Labute approximate surface area is 91.1 Å². The molecule has 15 heavy (non-hydrogen) atoms. The van der Waals surface area contributed by atoms with Gasteiger partial charge in [0.1, 0.15) is 0 Å². The van der Waals surface area contributed by atoms with Crippen molar-refractivity contribution in [2.24, 2.45) is 5.10 Å². The van der Waals surface area contributed by atoms with Crippen molar-refractivity contribution in [1.29, 1.82) is 0 Å². The van der Waals surface area contributed by atoms with Crippen LogP contribution in [0.5, 0.6) is 0 Å². The first-order chi connectivity index (χ1) is 7.26. The van der Waals surface area contributed by atoms with Gasteiger partial charge in [-0.05, 0) is 6.26 Å². The second-order valence-electron chi connectivity index (χ2n) is 2.36. The first-order valence-electron chi connectivity index (χ1n) is 3.99. The lowest BCUT2D eigenvalue weighted by molar-refractivity contribution is 0.171. The van der Waals surface area contributed by atoms with Crippen LogP contribution < -0.4 is 5.43 Å². The molecule has 0 spiro atoms. The highest BCUT2D eigenvalue weighted by atomic mass is 32.2. The van der Waals surface area contributed by atoms with Crippen molar-refractivity contribution < 1.29 is 9.53 Å². The molecule has 0 fully saturated rings. The molecule has 1 rings (SSSR count). The Morgan fingerprint density at radius 3 is 2.80 bits per heavy atom. The molecule has 1 heterocycles. The molecule has 0 aliphatic heterocycles. The Morgan fingerprint density at radius 1 is 1.60 bits per heavy atom. The molecule has 0 aromatic carbocycles. The van der Waals surface area contributed by atoms with Gasteiger partial charge in [0.15, 0.2) is 5.16 Å². The van der Waals surface area contributed by atoms with Gasteiger partial charge in [-0.3, -0.25) is 0 Å². The van der Waals surface area contributed by atoms with Gasteiger partial charge in [0, 0.05) is 18.0 Å². The summed E-state index contributed by atoms with van der Waals surface area (Å²) in [5, 5.41) is 4.32. The van der Waals surface area contributed by atoms with Gasteiger partial charge in [-0.25, -0.2) is 20.2 Å². The zero-order chi connectivity index (χ0) is 11.1. The van der Waals surface area contributed by atoms with E-state index in [1.807, 2.05) is 6.26 Å². The van der Waals surface area contributed by atoms with Crippen LogP contribution in [-0.4, -0.2) is 35.6 Å². The second kappa shape index (κ2) is 5.97. The van der Waals surface area contributed by atoms with Gasteiger partial charge >= 0.3 is 6.09 Å². The number of hydrogen-bond acceptors (Lipinski definition) is 6. The van der Waals surface area contributed by atoms with Crippen molar-refractivity contribution in [3.05, 3.63) is 18.0 Å². The van der Waals surface area contributed by atoms with Crippen LogP contribution in [0, 0.1) is 0 Å². The van der Waals surface area contributed by atoms with Crippen LogP contribution in [0.25, 0.3) is 0 Å². The summed E-state index contributed by atoms with van der Waals surface area (Å²) in [6.45, 7) is 0. The average molecular weight is 226 g/mol. The number of hydrogen-bond donors (Lipinski definition) is 1. The first kappa shape index (κ1) is 11.4. The molecule has 0 aliphatic carbocycles. The van der Waals surface area contributed by atoms with E-state index in [2.05, 4.69) is 25.2 Å². The highest BCUT2D eigenvalue weighted by Crippen LogP contribution is 2.05. The van der Waals surface area contributed by atoms with Gasteiger partial charge in [-0.15, -0.1) is 0 Å². The summed E-state index contributed by atoms with van der Waals surface area (Å²) in [6.07, 6.45) is 5.93. The Hall–Kier alpha value is -1.63. The molecule has 0 bridgehead atoms. The molecule has 1 aromatic heterocycles. The van der Waals surface area contributed by atoms with Gasteiger partial charge in [0.25, 0.3) is 0 Å². The summed E-state index contributed by atoms with van der Waals surface area (Å²) in [4.78, 5) is 18.7. The molecule has 0 atom stereocenters. The third kappa shape index (κ3) is 3.94. The number of hydrazone groups is 1. The molecule has 0 saturated heterocycles. The largest absolute Gasteiger partial charge is 0.452 e. The summed E-state index contributed by atoms with van der Waals surface area (Å²) in [6, 6.07) is 0. The quantitative estimate of drug-likeness (QED) is 0.358. The van der Waals surface area contributed by atoms with E-state index >= 15 is 0 Å². The summed E-state index contributed by atoms with van der Waals surface area (Å²) >= 11 is 1.45. The van der Waals surface area contributed by atoms with Gasteiger partial charge in [-0.1, -0.05) is 11.8 Å². The highest BCUT2D eigenvalue weighted by molar-refractivity contribution is 7.98. The van der Waals surface area contributed by atoms with E-state index in [0.717, 1.165) is 0 Å². The van der Waals surface area contributed by atoms with Gasteiger partial charge in [0.2, 0.25) is 0 Å². The average Bonchev–Trinajstić information content (AvgIpc) is 2.29. The highest BCUT2D eigenvalue weighted by Gasteiger charge is 1.95. The fourth-order valence-corrected chi connectivity index (χ4v) is 1.02. The number of carbonyl (C=O) groups is 1. The Morgan fingerprint density at radius 2 is 2.27 bits per heavy atom. The number of ether oxygens (including phenoxy) is 1. The molecule has 7 heteroatoms. The minimum Gasteiger partial charge on any atom is -0.452 e. The van der Waals surface area contributed by atoms with E-state index in [0.29, 0.717) is 10.7 Å². The van der Waals surface area contributed by atoms with Crippen molar-refractivity contribution in [2.75, 3.05) is 13.4 Å². The summed E-state index contributed by atoms with van der Waals surface area (Å²) in [5.74, 6) is 0. The Kier molecular flexibility index (Phi) is 4.55. The number of carbonyl (C=O) groups excluding carboxylic acids is 1. The maximum atomic E-state index is 10.6. The molecule has 0 radical (unpaired) electrons. The lowest BCUT2D eigenvalue weighted by Gasteiger charge is -1.96. The zero-order valence-electron chi connectivity index (χ0n) is 8.30. The van der Waals surface area contributed by atoms with Crippen molar-refractivity contribution in [3.8, 4) is 0 Å². The molecule has 1 aromatic rings. The molecule has 1 amide bonds. The second-order valence-corrected chi connectivity index (χ2v) is 3.14. The fourth-order valence-electron chi connectivity index (χ4n) is 0.703. The molecular weight excluding hydrogens is 216 g/mol. The summed E-state index contributed by atoms with van der Waals surface area (Å²) < 4.78 is 4.33. The number of nitrogens with one attached hydrogen (secondary N) is 1. The number of methoxy groups -OCH3 is 1. The van der Waals surface area contributed by atoms with Crippen molar-refractivity contribution in [1.82, 2.24) is 15.4 Å². The van der Waals surface area contributed by atoms with Gasteiger partial charge in [0.05, 0.1) is 13.3 Å². The minimum atomic E-state index is -0.618. The van der Waals surface area contributed by atoms with Gasteiger partial charge < -0.3 is 4.74 Å². The third-order valence-electron chi connectivity index (χ3n) is 1.39. The predicted octanol–water partition coefficient (Wildman–Crippen LogP) is 0.888. The fraction of sp³-hybridized carbons (Fsp3) is 0.250. The van der Waals surface area contributed by atoms with Crippen LogP contribution in [0.4, 0.5) is 4.79 Å². The van der Waals surface area contributed by atoms with Crippen LogP contribution in [0.2, 0.25) is 0 Å². The lowest BCUT2D eigenvalue weighted by atomic mass is 10.4.